The maximum Gasteiger partial charge on any atom is 0.267 e. The highest BCUT2D eigenvalue weighted by Crippen LogP contribution is 2.30. The van der Waals surface area contributed by atoms with Crippen LogP contribution in [-0.4, -0.2) is 13.6 Å². The number of rotatable bonds is 3. The first-order chi connectivity index (χ1) is 7.92. The highest BCUT2D eigenvalue weighted by Gasteiger charge is 2.22. The third-order valence-corrected chi connectivity index (χ3v) is 5.16. The van der Waals surface area contributed by atoms with E-state index < -0.39 is 10.0 Å². The van der Waals surface area contributed by atoms with E-state index in [1.54, 1.807) is 12.3 Å². The number of thiophene rings is 1. The fourth-order valence-corrected chi connectivity index (χ4v) is 3.61. The predicted octanol–water partition coefficient (Wildman–Crippen LogP) is 2.19. The topological polar surface area (TPSA) is 98.2 Å². The molecule has 17 heavy (non-hydrogen) atoms. The van der Waals surface area contributed by atoms with Crippen LogP contribution in [0.1, 0.15) is 5.69 Å². The molecule has 0 atom stereocenters. The minimum atomic E-state index is -3.74. The molecule has 2 aromatic heterocycles. The van der Waals surface area contributed by atoms with Gasteiger partial charge in [-0.15, -0.1) is 11.3 Å². The van der Waals surface area contributed by atoms with Gasteiger partial charge in [0.1, 0.15) is 14.4 Å². The number of nitrogens with zero attached hydrogens (tertiary/aromatic N) is 1. The smallest absolute Gasteiger partial charge is 0.267 e. The molecule has 0 fully saturated rings. The molecule has 0 aliphatic rings. The van der Waals surface area contributed by atoms with E-state index in [1.807, 2.05) is 0 Å². The zero-order valence-electron chi connectivity index (χ0n) is 8.60. The minimum Gasteiger partial charge on any atom is -0.389 e. The number of nitrogens with one attached hydrogen (secondary N) is 1. The molecule has 0 saturated carbocycles. The van der Waals surface area contributed by atoms with Crippen molar-refractivity contribution in [3.8, 4) is 0 Å². The Morgan fingerprint density at radius 3 is 2.76 bits per heavy atom. The molecule has 2 rings (SSSR count). The molecular weight excluding hydrogens is 330 g/mol. The van der Waals surface area contributed by atoms with Gasteiger partial charge in [0.2, 0.25) is 0 Å². The van der Waals surface area contributed by atoms with Crippen LogP contribution in [-0.2, 0) is 10.0 Å². The third-order valence-electron chi connectivity index (χ3n) is 1.96. The highest BCUT2D eigenvalue weighted by atomic mass is 79.9. The van der Waals surface area contributed by atoms with E-state index in [0.717, 1.165) is 11.3 Å². The molecule has 2 heterocycles. The lowest BCUT2D eigenvalue weighted by Crippen LogP contribution is -2.13. The lowest BCUT2D eigenvalue weighted by atomic mass is 10.5. The second-order valence-corrected chi connectivity index (χ2v) is 6.56. The Morgan fingerprint density at radius 2 is 2.29 bits per heavy atom. The lowest BCUT2D eigenvalue weighted by Gasteiger charge is -2.03. The number of aryl methyl sites for hydroxylation is 1. The predicted molar refractivity (Wildman–Crippen MR) is 68.5 cm³/mol. The summed E-state index contributed by atoms with van der Waals surface area (Å²) in [6, 6.07) is 1.43. The average Bonchev–Trinajstić information content (AvgIpc) is 2.80. The summed E-state index contributed by atoms with van der Waals surface area (Å²) >= 11 is 4.32. The van der Waals surface area contributed by atoms with Gasteiger partial charge < -0.3 is 10.3 Å². The van der Waals surface area contributed by atoms with E-state index >= 15 is 0 Å². The second-order valence-electron chi connectivity index (χ2n) is 3.17. The van der Waals surface area contributed by atoms with Gasteiger partial charge in [-0.2, -0.15) is 0 Å². The SMILES string of the molecule is Cc1noc(NS(=O)(=O)c2ccsc2N)c1Br. The molecule has 6 nitrogen and oxygen atoms in total. The van der Waals surface area contributed by atoms with Crippen LogP contribution in [0.5, 0.6) is 0 Å². The van der Waals surface area contributed by atoms with Crippen LogP contribution in [0.15, 0.2) is 25.3 Å². The monoisotopic (exact) mass is 337 g/mol. The highest BCUT2D eigenvalue weighted by molar-refractivity contribution is 9.10. The number of sulfonamides is 1. The van der Waals surface area contributed by atoms with E-state index in [-0.39, 0.29) is 15.8 Å². The van der Waals surface area contributed by atoms with Crippen molar-refractivity contribution < 1.29 is 12.9 Å². The summed E-state index contributed by atoms with van der Waals surface area (Å²) < 4.78 is 31.5. The normalized spacial score (nSPS) is 11.6. The first-order valence-electron chi connectivity index (χ1n) is 4.39. The fourth-order valence-electron chi connectivity index (χ4n) is 1.13. The number of halogens is 1. The van der Waals surface area contributed by atoms with Gasteiger partial charge in [0, 0.05) is 0 Å². The van der Waals surface area contributed by atoms with Gasteiger partial charge in [-0.1, -0.05) is 5.16 Å². The van der Waals surface area contributed by atoms with Gasteiger partial charge in [0.25, 0.3) is 15.9 Å². The molecule has 0 aliphatic carbocycles. The number of aromatic nitrogens is 1. The molecule has 0 radical (unpaired) electrons. The Bertz CT molecular complexity index is 647. The first-order valence-corrected chi connectivity index (χ1v) is 7.55. The van der Waals surface area contributed by atoms with E-state index in [1.165, 1.54) is 6.07 Å². The number of nitrogen functional groups attached to an aromatic ring is 1. The lowest BCUT2D eigenvalue weighted by molar-refractivity contribution is 0.430. The van der Waals surface area contributed by atoms with Crippen LogP contribution in [0.25, 0.3) is 0 Å². The molecule has 2 aromatic rings. The Kier molecular flexibility index (Phi) is 3.15. The van der Waals surface area contributed by atoms with Crippen molar-refractivity contribution in [3.63, 3.8) is 0 Å². The third kappa shape index (κ3) is 2.31. The van der Waals surface area contributed by atoms with Crippen molar-refractivity contribution in [3.05, 3.63) is 21.6 Å². The summed E-state index contributed by atoms with van der Waals surface area (Å²) in [5, 5.41) is 5.46. The van der Waals surface area contributed by atoms with Crippen molar-refractivity contribution >= 4 is 48.2 Å². The standard InChI is InChI=1S/C8H8BrN3O3S2/c1-4-6(9)8(15-11-4)12-17(13,14)5-2-3-16-7(5)10/h2-3,12H,10H2,1H3. The zero-order valence-corrected chi connectivity index (χ0v) is 11.8. The van der Waals surface area contributed by atoms with Crippen LogP contribution >= 0.6 is 27.3 Å². The number of nitrogens with two attached hydrogens (primary N) is 1. The molecule has 0 aliphatic heterocycles. The van der Waals surface area contributed by atoms with Crippen LogP contribution in [0, 0.1) is 6.92 Å². The van der Waals surface area contributed by atoms with Crippen molar-refractivity contribution in [2.75, 3.05) is 10.5 Å². The number of hydrogen-bond acceptors (Lipinski definition) is 6. The van der Waals surface area contributed by atoms with Crippen LogP contribution in [0.3, 0.4) is 0 Å². The van der Waals surface area contributed by atoms with E-state index in [0.29, 0.717) is 10.2 Å². The van der Waals surface area contributed by atoms with E-state index in [9.17, 15) is 8.42 Å². The van der Waals surface area contributed by atoms with Gasteiger partial charge in [-0.25, -0.2) is 13.1 Å². The second kappa shape index (κ2) is 4.31. The van der Waals surface area contributed by atoms with Crippen molar-refractivity contribution in [2.45, 2.75) is 11.8 Å². The Labute approximate surface area is 110 Å². The van der Waals surface area contributed by atoms with Crippen molar-refractivity contribution in [1.29, 1.82) is 0 Å². The largest absolute Gasteiger partial charge is 0.389 e. The summed E-state index contributed by atoms with van der Waals surface area (Å²) in [5.74, 6) is 0.0353. The van der Waals surface area contributed by atoms with Crippen LogP contribution < -0.4 is 10.5 Å². The summed E-state index contributed by atoms with van der Waals surface area (Å²) in [6.07, 6.45) is 0. The Balaban J connectivity index is 2.37. The summed E-state index contributed by atoms with van der Waals surface area (Å²) in [7, 11) is -3.74. The first kappa shape index (κ1) is 12.4. The molecule has 0 amide bonds. The Hall–Kier alpha value is -1.06. The molecule has 0 saturated heterocycles. The van der Waals surface area contributed by atoms with E-state index in [2.05, 4.69) is 25.8 Å². The summed E-state index contributed by atoms with van der Waals surface area (Å²) in [4.78, 5) is 0.0310. The molecule has 9 heteroatoms. The maximum absolute atomic E-state index is 12.0. The summed E-state index contributed by atoms with van der Waals surface area (Å²) in [6.45, 7) is 1.68. The van der Waals surface area contributed by atoms with Gasteiger partial charge in [-0.05, 0) is 34.3 Å². The molecule has 0 unspecified atom stereocenters. The summed E-state index contributed by atoms with van der Waals surface area (Å²) in [5.41, 5.74) is 6.12. The minimum absolute atomic E-state index is 0.0310. The molecule has 0 spiro atoms. The number of anilines is 2. The maximum atomic E-state index is 12.0. The van der Waals surface area contributed by atoms with Gasteiger partial charge >= 0.3 is 0 Å². The van der Waals surface area contributed by atoms with Crippen LogP contribution in [0.2, 0.25) is 0 Å². The molecule has 0 bridgehead atoms. The van der Waals surface area contributed by atoms with Gasteiger partial charge in [-0.3, -0.25) is 0 Å². The van der Waals surface area contributed by atoms with Gasteiger partial charge in [0.15, 0.2) is 0 Å². The molecular formula is C8H8BrN3O3S2. The van der Waals surface area contributed by atoms with Gasteiger partial charge in [0.05, 0.1) is 5.69 Å². The van der Waals surface area contributed by atoms with Crippen LogP contribution in [0.4, 0.5) is 10.9 Å². The molecule has 0 aromatic carbocycles. The fraction of sp³-hybridized carbons (Fsp3) is 0.125. The average molecular weight is 338 g/mol. The quantitative estimate of drug-likeness (QED) is 0.894. The zero-order chi connectivity index (χ0) is 12.6. The molecule has 92 valence electrons. The Morgan fingerprint density at radius 1 is 1.59 bits per heavy atom. The number of hydrogen-bond donors (Lipinski definition) is 2. The molecule has 3 N–H and O–H groups in total. The van der Waals surface area contributed by atoms with E-state index in [4.69, 9.17) is 10.3 Å². The van der Waals surface area contributed by atoms with Crippen molar-refractivity contribution in [2.24, 2.45) is 0 Å². The van der Waals surface area contributed by atoms with Crippen molar-refractivity contribution in [1.82, 2.24) is 5.16 Å².